The van der Waals surface area contributed by atoms with E-state index in [2.05, 4.69) is 10.1 Å². The smallest absolute Gasteiger partial charge is 0.357 e. The molecule has 19 heavy (non-hydrogen) atoms. The van der Waals surface area contributed by atoms with Crippen LogP contribution in [0, 0.1) is 3.57 Å². The summed E-state index contributed by atoms with van der Waals surface area (Å²) in [6.45, 7) is 6.11. The second kappa shape index (κ2) is 4.92. The molecule has 0 amide bonds. The molecule has 0 radical (unpaired) electrons. The maximum absolute atomic E-state index is 11.3. The predicted octanol–water partition coefficient (Wildman–Crippen LogP) is 2.87. The molecule has 0 aliphatic rings. The highest BCUT2D eigenvalue weighted by atomic mass is 127. The summed E-state index contributed by atoms with van der Waals surface area (Å²) in [6, 6.07) is 3.62. The van der Waals surface area contributed by atoms with Crippen molar-refractivity contribution in [2.75, 3.05) is 0 Å². The Balaban J connectivity index is 2.74. The zero-order valence-corrected chi connectivity index (χ0v) is 13.0. The van der Waals surface area contributed by atoms with Gasteiger partial charge in [0.05, 0.1) is 15.0 Å². The summed E-state index contributed by atoms with van der Waals surface area (Å²) in [5.41, 5.74) is 1.57. The highest BCUT2D eigenvalue weighted by molar-refractivity contribution is 14.1. The van der Waals surface area contributed by atoms with Gasteiger partial charge in [-0.05, 0) is 34.7 Å². The van der Waals surface area contributed by atoms with Gasteiger partial charge in [0.15, 0.2) is 5.69 Å². The molecule has 0 saturated carbocycles. The fourth-order valence-electron chi connectivity index (χ4n) is 1.85. The van der Waals surface area contributed by atoms with E-state index in [0.717, 1.165) is 11.4 Å². The number of carboxylic acids is 1. The molecule has 0 aliphatic carbocycles. The van der Waals surface area contributed by atoms with E-state index in [1.165, 1.54) is 0 Å². The van der Waals surface area contributed by atoms with Crippen molar-refractivity contribution < 1.29 is 9.90 Å². The molecule has 1 N–H and O–H groups in total. The molecule has 5 nitrogen and oxygen atoms in total. The van der Waals surface area contributed by atoms with Crippen LogP contribution in [0.2, 0.25) is 0 Å². The lowest BCUT2D eigenvalue weighted by atomic mass is 9.91. The lowest BCUT2D eigenvalue weighted by molar-refractivity contribution is 0.0689. The monoisotopic (exact) mass is 371 g/mol. The van der Waals surface area contributed by atoms with Crippen LogP contribution in [-0.2, 0) is 5.41 Å². The predicted molar refractivity (Wildman–Crippen MR) is 79.7 cm³/mol. The summed E-state index contributed by atoms with van der Waals surface area (Å²) >= 11 is 2.05. The summed E-state index contributed by atoms with van der Waals surface area (Å²) in [4.78, 5) is 15.2. The number of hydrogen-bond acceptors (Lipinski definition) is 3. The van der Waals surface area contributed by atoms with Gasteiger partial charge in [-0.1, -0.05) is 20.8 Å². The normalized spacial score (nSPS) is 11.6. The molecule has 0 bridgehead atoms. The van der Waals surface area contributed by atoms with Crippen molar-refractivity contribution in [1.29, 1.82) is 0 Å². The van der Waals surface area contributed by atoms with E-state index in [4.69, 9.17) is 0 Å². The highest BCUT2D eigenvalue weighted by Crippen LogP contribution is 2.31. The Morgan fingerprint density at radius 1 is 1.32 bits per heavy atom. The van der Waals surface area contributed by atoms with Crippen molar-refractivity contribution in [3.8, 4) is 5.69 Å². The third-order valence-corrected chi connectivity index (χ3v) is 3.67. The average molecular weight is 371 g/mol. The van der Waals surface area contributed by atoms with Gasteiger partial charge in [-0.2, -0.15) is 5.10 Å². The van der Waals surface area contributed by atoms with Crippen molar-refractivity contribution in [3.05, 3.63) is 39.5 Å². The van der Waals surface area contributed by atoms with Crippen LogP contribution >= 0.6 is 22.6 Å². The van der Waals surface area contributed by atoms with Gasteiger partial charge in [0.1, 0.15) is 0 Å². The van der Waals surface area contributed by atoms with Crippen LogP contribution in [0.1, 0.15) is 37.0 Å². The van der Waals surface area contributed by atoms with Gasteiger partial charge in [-0.15, -0.1) is 0 Å². The van der Waals surface area contributed by atoms with Crippen LogP contribution in [-0.4, -0.2) is 25.8 Å². The van der Waals surface area contributed by atoms with E-state index in [1.54, 1.807) is 17.1 Å². The number of hydrogen-bond donors (Lipinski definition) is 1. The summed E-state index contributed by atoms with van der Waals surface area (Å²) in [6.07, 6.45) is 3.33. The molecule has 0 aliphatic heterocycles. The van der Waals surface area contributed by atoms with Crippen molar-refractivity contribution in [1.82, 2.24) is 14.8 Å². The largest absolute Gasteiger partial charge is 0.476 e. The van der Waals surface area contributed by atoms with Crippen molar-refractivity contribution in [2.24, 2.45) is 0 Å². The lowest BCUT2D eigenvalue weighted by Crippen LogP contribution is -2.18. The molecule has 0 spiro atoms. The molecule has 2 heterocycles. The topological polar surface area (TPSA) is 68.0 Å². The van der Waals surface area contributed by atoms with Crippen LogP contribution < -0.4 is 0 Å². The first-order valence-electron chi connectivity index (χ1n) is 5.75. The quantitative estimate of drug-likeness (QED) is 0.825. The number of rotatable bonds is 2. The number of carbonyl (C=O) groups is 1. The van der Waals surface area contributed by atoms with Gasteiger partial charge in [0.25, 0.3) is 0 Å². The third-order valence-electron chi connectivity index (χ3n) is 2.65. The molecule has 2 aromatic rings. The molecule has 0 fully saturated rings. The summed E-state index contributed by atoms with van der Waals surface area (Å²) in [5.74, 6) is -1.01. The average Bonchev–Trinajstić information content (AvgIpc) is 2.68. The van der Waals surface area contributed by atoms with Gasteiger partial charge in [0.2, 0.25) is 0 Å². The van der Waals surface area contributed by atoms with E-state index in [1.807, 2.05) is 55.5 Å². The van der Waals surface area contributed by atoms with Gasteiger partial charge < -0.3 is 5.11 Å². The first kappa shape index (κ1) is 14.0. The number of aromatic nitrogens is 3. The standard InChI is InChI=1S/C13H14IN3O2/c1-13(2,3)11-9(14)10(12(18)19)16-17(11)8-4-6-15-7-5-8/h4-7H,1-3H3,(H,18,19). The zero-order valence-electron chi connectivity index (χ0n) is 10.9. The fourth-order valence-corrected chi connectivity index (χ4v) is 3.23. The molecule has 0 saturated heterocycles. The van der Waals surface area contributed by atoms with E-state index in [0.29, 0.717) is 3.57 Å². The second-order valence-corrected chi connectivity index (χ2v) is 6.26. The van der Waals surface area contributed by atoms with E-state index >= 15 is 0 Å². The van der Waals surface area contributed by atoms with Crippen molar-refractivity contribution >= 4 is 28.6 Å². The molecular formula is C13H14IN3O2. The minimum Gasteiger partial charge on any atom is -0.476 e. The minimum atomic E-state index is -1.01. The molecule has 100 valence electrons. The maximum Gasteiger partial charge on any atom is 0.357 e. The first-order valence-corrected chi connectivity index (χ1v) is 6.83. The van der Waals surface area contributed by atoms with Crippen molar-refractivity contribution in [3.63, 3.8) is 0 Å². The fraction of sp³-hybridized carbons (Fsp3) is 0.308. The van der Waals surface area contributed by atoms with E-state index in [-0.39, 0.29) is 11.1 Å². The molecule has 0 unspecified atom stereocenters. The van der Waals surface area contributed by atoms with Crippen LogP contribution in [0.5, 0.6) is 0 Å². The van der Waals surface area contributed by atoms with Gasteiger partial charge in [-0.25, -0.2) is 9.48 Å². The van der Waals surface area contributed by atoms with E-state index < -0.39 is 5.97 Å². The van der Waals surface area contributed by atoms with Gasteiger partial charge in [0, 0.05) is 17.8 Å². The highest BCUT2D eigenvalue weighted by Gasteiger charge is 2.29. The third kappa shape index (κ3) is 2.63. The Kier molecular flexibility index (Phi) is 3.62. The molecule has 0 atom stereocenters. The second-order valence-electron chi connectivity index (χ2n) is 5.18. The number of nitrogens with zero attached hydrogens (tertiary/aromatic N) is 3. The zero-order chi connectivity index (χ0) is 14.2. The maximum atomic E-state index is 11.3. The summed E-state index contributed by atoms with van der Waals surface area (Å²) in [7, 11) is 0. The van der Waals surface area contributed by atoms with E-state index in [9.17, 15) is 9.90 Å². The van der Waals surface area contributed by atoms with Crippen LogP contribution in [0.4, 0.5) is 0 Å². The number of aromatic carboxylic acids is 1. The first-order chi connectivity index (χ1) is 8.82. The van der Waals surface area contributed by atoms with Gasteiger partial charge in [-0.3, -0.25) is 4.98 Å². The molecular weight excluding hydrogens is 357 g/mol. The number of halogens is 1. The molecule has 2 rings (SSSR count). The number of carboxylic acid groups (broad SMARTS) is 1. The molecule has 6 heteroatoms. The lowest BCUT2D eigenvalue weighted by Gasteiger charge is -2.21. The summed E-state index contributed by atoms with van der Waals surface area (Å²) < 4.78 is 2.36. The Hall–Kier alpha value is -1.44. The Morgan fingerprint density at radius 2 is 1.89 bits per heavy atom. The van der Waals surface area contributed by atoms with Crippen LogP contribution in [0.3, 0.4) is 0 Å². The van der Waals surface area contributed by atoms with Crippen molar-refractivity contribution in [2.45, 2.75) is 26.2 Å². The van der Waals surface area contributed by atoms with Crippen LogP contribution in [0.15, 0.2) is 24.5 Å². The molecule has 2 aromatic heterocycles. The Labute approximate surface area is 124 Å². The molecule has 0 aromatic carbocycles. The minimum absolute atomic E-state index is 0.0855. The Morgan fingerprint density at radius 3 is 2.37 bits per heavy atom. The van der Waals surface area contributed by atoms with Crippen LogP contribution in [0.25, 0.3) is 5.69 Å². The Bertz CT molecular complexity index is 615. The van der Waals surface area contributed by atoms with Gasteiger partial charge >= 0.3 is 5.97 Å². The number of pyridine rings is 1. The SMILES string of the molecule is CC(C)(C)c1c(I)c(C(=O)O)nn1-c1ccncc1. The summed E-state index contributed by atoms with van der Waals surface area (Å²) in [5, 5.41) is 13.5.